The molecule has 1 N–H and O–H groups in total. The van der Waals surface area contributed by atoms with Crippen LogP contribution < -0.4 is 19.5 Å². The van der Waals surface area contributed by atoms with Gasteiger partial charge in [0, 0.05) is 24.4 Å². The molecule has 0 bridgehead atoms. The van der Waals surface area contributed by atoms with E-state index in [1.165, 1.54) is 7.11 Å². The maximum atomic E-state index is 12.6. The molecule has 1 heterocycles. The maximum Gasteiger partial charge on any atom is 0.259 e. The van der Waals surface area contributed by atoms with Gasteiger partial charge in [-0.25, -0.2) is 0 Å². The molecule has 0 aromatic heterocycles. The van der Waals surface area contributed by atoms with Crippen LogP contribution in [0.1, 0.15) is 23.2 Å². The van der Waals surface area contributed by atoms with Crippen molar-refractivity contribution < 1.29 is 23.7 Å². The van der Waals surface area contributed by atoms with E-state index in [1.54, 1.807) is 31.4 Å². The minimum absolute atomic E-state index is 0.150. The Bertz CT molecular complexity index is 756. The molecule has 1 amide bonds. The number of benzene rings is 2. The van der Waals surface area contributed by atoms with Gasteiger partial charge in [0.2, 0.25) is 0 Å². The van der Waals surface area contributed by atoms with E-state index < -0.39 is 0 Å². The van der Waals surface area contributed by atoms with Crippen LogP contribution in [0.25, 0.3) is 0 Å². The van der Waals surface area contributed by atoms with Gasteiger partial charge in [-0.05, 0) is 37.1 Å². The highest BCUT2D eigenvalue weighted by molar-refractivity contribution is 6.06. The molecule has 2 aromatic carbocycles. The Hall–Kier alpha value is -2.73. The standard InChI is InChI=1S/C20H23NO5/c1-23-15-8-9-18(19(12-15)24-2)20(22)21-14-5-3-6-16(11-14)26-13-17-7-4-10-25-17/h3,5-6,8-9,11-12,17H,4,7,10,13H2,1-2H3,(H,21,22). The van der Waals surface area contributed by atoms with Crippen molar-refractivity contribution in [1.82, 2.24) is 0 Å². The quantitative estimate of drug-likeness (QED) is 0.821. The summed E-state index contributed by atoms with van der Waals surface area (Å²) in [6.07, 6.45) is 2.25. The Morgan fingerprint density at radius 2 is 2.04 bits per heavy atom. The van der Waals surface area contributed by atoms with Crippen LogP contribution in [0, 0.1) is 0 Å². The lowest BCUT2D eigenvalue weighted by molar-refractivity contribution is 0.0680. The van der Waals surface area contributed by atoms with Crippen molar-refractivity contribution in [2.75, 3.05) is 32.8 Å². The second kappa shape index (κ2) is 8.58. The molecule has 6 nitrogen and oxygen atoms in total. The third-order valence-electron chi connectivity index (χ3n) is 4.21. The average Bonchev–Trinajstić information content (AvgIpc) is 3.19. The largest absolute Gasteiger partial charge is 0.497 e. The lowest BCUT2D eigenvalue weighted by atomic mass is 10.1. The Kier molecular flexibility index (Phi) is 5.96. The van der Waals surface area contributed by atoms with Crippen molar-refractivity contribution in [3.8, 4) is 17.2 Å². The second-order valence-electron chi connectivity index (χ2n) is 5.99. The number of anilines is 1. The topological polar surface area (TPSA) is 66.0 Å². The van der Waals surface area contributed by atoms with E-state index in [2.05, 4.69) is 5.32 Å². The van der Waals surface area contributed by atoms with Crippen molar-refractivity contribution in [2.45, 2.75) is 18.9 Å². The monoisotopic (exact) mass is 357 g/mol. The number of amides is 1. The molecule has 6 heteroatoms. The summed E-state index contributed by atoms with van der Waals surface area (Å²) in [6, 6.07) is 12.4. The van der Waals surface area contributed by atoms with Gasteiger partial charge in [0.15, 0.2) is 0 Å². The fourth-order valence-electron chi connectivity index (χ4n) is 2.81. The summed E-state index contributed by atoms with van der Waals surface area (Å²) in [7, 11) is 3.09. The molecule has 0 aliphatic carbocycles. The fourth-order valence-corrected chi connectivity index (χ4v) is 2.81. The fraction of sp³-hybridized carbons (Fsp3) is 0.350. The molecule has 2 aromatic rings. The van der Waals surface area contributed by atoms with E-state index >= 15 is 0 Å². The highest BCUT2D eigenvalue weighted by atomic mass is 16.5. The molecule has 1 unspecified atom stereocenters. The molecule has 138 valence electrons. The summed E-state index contributed by atoms with van der Waals surface area (Å²) in [5.74, 6) is 1.51. The van der Waals surface area contributed by atoms with Gasteiger partial charge in [0.1, 0.15) is 23.9 Å². The van der Waals surface area contributed by atoms with Crippen molar-refractivity contribution in [2.24, 2.45) is 0 Å². The van der Waals surface area contributed by atoms with Crippen LogP contribution in [0.2, 0.25) is 0 Å². The summed E-state index contributed by atoms with van der Waals surface area (Å²) in [5, 5.41) is 2.87. The number of ether oxygens (including phenoxy) is 4. The van der Waals surface area contributed by atoms with Crippen LogP contribution in [-0.4, -0.2) is 39.4 Å². The Morgan fingerprint density at radius 3 is 2.77 bits per heavy atom. The lowest BCUT2D eigenvalue weighted by Gasteiger charge is -2.13. The van der Waals surface area contributed by atoms with Crippen molar-refractivity contribution in [3.63, 3.8) is 0 Å². The maximum absolute atomic E-state index is 12.6. The number of methoxy groups -OCH3 is 2. The number of carbonyl (C=O) groups excluding carboxylic acids is 1. The second-order valence-corrected chi connectivity index (χ2v) is 5.99. The molecule has 0 radical (unpaired) electrons. The van der Waals surface area contributed by atoms with Gasteiger partial charge in [-0.15, -0.1) is 0 Å². The number of carbonyl (C=O) groups is 1. The number of hydrogen-bond acceptors (Lipinski definition) is 5. The van der Waals surface area contributed by atoms with Gasteiger partial charge >= 0.3 is 0 Å². The minimum Gasteiger partial charge on any atom is -0.497 e. The van der Waals surface area contributed by atoms with Gasteiger partial charge in [-0.1, -0.05) is 6.07 Å². The lowest BCUT2D eigenvalue weighted by Crippen LogP contribution is -2.16. The van der Waals surface area contributed by atoms with Gasteiger partial charge in [-0.3, -0.25) is 4.79 Å². The summed E-state index contributed by atoms with van der Waals surface area (Å²) in [5.41, 5.74) is 1.08. The molecule has 0 saturated carbocycles. The first-order valence-electron chi connectivity index (χ1n) is 8.57. The minimum atomic E-state index is -0.263. The number of nitrogens with one attached hydrogen (secondary N) is 1. The predicted molar refractivity (Wildman–Crippen MR) is 98.4 cm³/mol. The molecule has 1 saturated heterocycles. The van der Waals surface area contributed by atoms with Crippen LogP contribution in [0.3, 0.4) is 0 Å². The van der Waals surface area contributed by atoms with E-state index in [1.807, 2.05) is 18.2 Å². The van der Waals surface area contributed by atoms with Crippen LogP contribution in [0.5, 0.6) is 17.2 Å². The molecule has 3 rings (SSSR count). The molecule has 1 aliphatic heterocycles. The first kappa shape index (κ1) is 18.1. The summed E-state index contributed by atoms with van der Waals surface area (Å²) >= 11 is 0. The molecular weight excluding hydrogens is 334 g/mol. The number of rotatable bonds is 7. The molecular formula is C20H23NO5. The van der Waals surface area contributed by atoms with Gasteiger partial charge in [-0.2, -0.15) is 0 Å². The predicted octanol–water partition coefficient (Wildman–Crippen LogP) is 3.51. The number of hydrogen-bond donors (Lipinski definition) is 1. The third kappa shape index (κ3) is 4.46. The van der Waals surface area contributed by atoms with Gasteiger partial charge in [0.25, 0.3) is 5.91 Å². The Labute approximate surface area is 153 Å². The normalized spacial score (nSPS) is 16.2. The van der Waals surface area contributed by atoms with Crippen LogP contribution in [0.15, 0.2) is 42.5 Å². The SMILES string of the molecule is COc1ccc(C(=O)Nc2cccc(OCC3CCCO3)c2)c(OC)c1. The van der Waals surface area contributed by atoms with Gasteiger partial charge in [0.05, 0.1) is 25.9 Å². The highest BCUT2D eigenvalue weighted by Gasteiger charge is 2.17. The zero-order chi connectivity index (χ0) is 18.4. The first-order chi connectivity index (χ1) is 12.7. The average molecular weight is 357 g/mol. The van der Waals surface area contributed by atoms with E-state index in [9.17, 15) is 4.79 Å². The molecule has 1 atom stereocenters. The van der Waals surface area contributed by atoms with E-state index in [4.69, 9.17) is 18.9 Å². The van der Waals surface area contributed by atoms with Crippen molar-refractivity contribution in [3.05, 3.63) is 48.0 Å². The van der Waals surface area contributed by atoms with E-state index in [0.29, 0.717) is 35.1 Å². The van der Waals surface area contributed by atoms with Crippen molar-refractivity contribution >= 4 is 11.6 Å². The Morgan fingerprint density at radius 1 is 1.15 bits per heavy atom. The molecule has 0 spiro atoms. The third-order valence-corrected chi connectivity index (χ3v) is 4.21. The van der Waals surface area contributed by atoms with Crippen molar-refractivity contribution in [1.29, 1.82) is 0 Å². The molecule has 26 heavy (non-hydrogen) atoms. The van der Waals surface area contributed by atoms with Crippen LogP contribution >= 0.6 is 0 Å². The summed E-state index contributed by atoms with van der Waals surface area (Å²) in [6.45, 7) is 1.32. The van der Waals surface area contributed by atoms with Gasteiger partial charge < -0.3 is 24.3 Å². The smallest absolute Gasteiger partial charge is 0.259 e. The first-order valence-corrected chi connectivity index (χ1v) is 8.57. The van der Waals surface area contributed by atoms with Crippen LogP contribution in [-0.2, 0) is 4.74 Å². The zero-order valence-electron chi connectivity index (χ0n) is 15.0. The zero-order valence-corrected chi connectivity index (χ0v) is 15.0. The summed E-state index contributed by atoms with van der Waals surface area (Å²) in [4.78, 5) is 12.6. The molecule has 1 fully saturated rings. The van der Waals surface area contributed by atoms with Crippen LogP contribution in [0.4, 0.5) is 5.69 Å². The highest BCUT2D eigenvalue weighted by Crippen LogP contribution is 2.26. The molecule has 1 aliphatic rings. The van der Waals surface area contributed by atoms with E-state index in [0.717, 1.165) is 19.4 Å². The summed E-state index contributed by atoms with van der Waals surface area (Å²) < 4.78 is 21.8. The van der Waals surface area contributed by atoms with E-state index in [-0.39, 0.29) is 12.0 Å². The Balaban J connectivity index is 1.66.